The number of nitrogens with zero attached hydrogens (tertiary/aromatic N) is 3. The Balaban J connectivity index is 1.52. The summed E-state index contributed by atoms with van der Waals surface area (Å²) in [4.78, 5) is 18.4. The van der Waals surface area contributed by atoms with E-state index in [-0.39, 0.29) is 12.1 Å². The lowest BCUT2D eigenvalue weighted by atomic mass is 10.0. The number of ether oxygens (including phenoxy) is 1. The number of hydrogen-bond acceptors (Lipinski definition) is 4. The highest BCUT2D eigenvalue weighted by molar-refractivity contribution is 5.75. The molecule has 2 aromatic rings. The minimum Gasteiger partial charge on any atom is -0.490 e. The average molecular weight is 329 g/mol. The predicted molar refractivity (Wildman–Crippen MR) is 89.9 cm³/mol. The molecule has 3 rings (SSSR count). The molecule has 1 aliphatic rings. The number of nitrogens with one attached hydrogen (secondary N) is 2. The molecule has 24 heavy (non-hydrogen) atoms. The zero-order valence-corrected chi connectivity index (χ0v) is 14.1. The molecule has 1 unspecified atom stereocenters. The number of urea groups is 1. The van der Waals surface area contributed by atoms with Gasteiger partial charge in [-0.15, -0.1) is 0 Å². The molecule has 7 heteroatoms. The number of aromatic amines is 1. The first-order valence-corrected chi connectivity index (χ1v) is 8.25. The van der Waals surface area contributed by atoms with E-state index in [0.717, 1.165) is 36.3 Å². The molecule has 0 aliphatic carbocycles. The highest BCUT2D eigenvalue weighted by atomic mass is 16.5. The van der Waals surface area contributed by atoms with Gasteiger partial charge in [0, 0.05) is 24.0 Å². The van der Waals surface area contributed by atoms with Crippen molar-refractivity contribution in [2.24, 2.45) is 0 Å². The summed E-state index contributed by atoms with van der Waals surface area (Å²) >= 11 is 0. The van der Waals surface area contributed by atoms with Crippen LogP contribution in [0.15, 0.2) is 24.5 Å². The third-order valence-electron chi connectivity index (χ3n) is 4.31. The van der Waals surface area contributed by atoms with Gasteiger partial charge in [0.25, 0.3) is 0 Å². The van der Waals surface area contributed by atoms with Crippen molar-refractivity contribution in [2.45, 2.75) is 32.7 Å². The molecule has 1 aliphatic heterocycles. The molecule has 3 heterocycles. The van der Waals surface area contributed by atoms with Crippen LogP contribution in [-0.4, -0.2) is 45.8 Å². The SMILES string of the molecule is Cc1n[nH]c(C)c1C1CCCN1C(=O)NCCOc1cccnc1. The van der Waals surface area contributed by atoms with E-state index < -0.39 is 0 Å². The zero-order chi connectivity index (χ0) is 16.9. The monoisotopic (exact) mass is 329 g/mol. The summed E-state index contributed by atoms with van der Waals surface area (Å²) < 4.78 is 5.55. The number of hydrogen-bond donors (Lipinski definition) is 2. The molecule has 0 aromatic carbocycles. The van der Waals surface area contributed by atoms with Crippen molar-refractivity contribution < 1.29 is 9.53 Å². The minimum atomic E-state index is -0.0488. The molecule has 128 valence electrons. The number of carbonyl (C=O) groups excluding carboxylic acids is 1. The molecule has 0 radical (unpaired) electrons. The third kappa shape index (κ3) is 3.50. The van der Waals surface area contributed by atoms with E-state index >= 15 is 0 Å². The first-order chi connectivity index (χ1) is 11.7. The number of pyridine rings is 1. The molecular weight excluding hydrogens is 306 g/mol. The smallest absolute Gasteiger partial charge is 0.318 e. The van der Waals surface area contributed by atoms with E-state index in [1.54, 1.807) is 12.4 Å². The maximum absolute atomic E-state index is 12.5. The van der Waals surface area contributed by atoms with Gasteiger partial charge in [-0.1, -0.05) is 0 Å². The Bertz CT molecular complexity index is 666. The van der Waals surface area contributed by atoms with Crippen molar-refractivity contribution in [1.82, 2.24) is 25.4 Å². The highest BCUT2D eigenvalue weighted by Crippen LogP contribution is 2.34. The van der Waals surface area contributed by atoms with Gasteiger partial charge in [0.15, 0.2) is 0 Å². The van der Waals surface area contributed by atoms with Gasteiger partial charge in [0.1, 0.15) is 12.4 Å². The molecule has 1 fully saturated rings. The Hall–Kier alpha value is -2.57. The fourth-order valence-corrected chi connectivity index (χ4v) is 3.22. The quantitative estimate of drug-likeness (QED) is 0.825. The zero-order valence-electron chi connectivity index (χ0n) is 14.1. The summed E-state index contributed by atoms with van der Waals surface area (Å²) in [6.07, 6.45) is 5.33. The van der Waals surface area contributed by atoms with Gasteiger partial charge in [0.2, 0.25) is 0 Å². The van der Waals surface area contributed by atoms with Gasteiger partial charge in [-0.05, 0) is 38.8 Å². The lowest BCUT2D eigenvalue weighted by molar-refractivity contribution is 0.189. The van der Waals surface area contributed by atoms with Crippen molar-refractivity contribution in [3.63, 3.8) is 0 Å². The second-order valence-corrected chi connectivity index (χ2v) is 5.97. The maximum atomic E-state index is 12.5. The molecule has 0 bridgehead atoms. The molecule has 0 saturated carbocycles. The summed E-state index contributed by atoms with van der Waals surface area (Å²) in [6.45, 7) is 5.63. The molecule has 1 atom stereocenters. The Morgan fingerprint density at radius 2 is 2.38 bits per heavy atom. The van der Waals surface area contributed by atoms with Gasteiger partial charge < -0.3 is 15.0 Å². The summed E-state index contributed by atoms with van der Waals surface area (Å²) in [7, 11) is 0. The minimum absolute atomic E-state index is 0.0488. The predicted octanol–water partition coefficient (Wildman–Crippen LogP) is 2.35. The first-order valence-electron chi connectivity index (χ1n) is 8.25. The van der Waals surface area contributed by atoms with Crippen LogP contribution in [0.2, 0.25) is 0 Å². The van der Waals surface area contributed by atoms with Crippen LogP contribution in [0, 0.1) is 13.8 Å². The third-order valence-corrected chi connectivity index (χ3v) is 4.31. The number of aromatic nitrogens is 3. The highest BCUT2D eigenvalue weighted by Gasteiger charge is 2.32. The topological polar surface area (TPSA) is 83.1 Å². The molecule has 7 nitrogen and oxygen atoms in total. The standard InChI is InChI=1S/C17H23N5O2/c1-12-16(13(2)21-20-12)15-6-4-9-22(15)17(23)19-8-10-24-14-5-3-7-18-11-14/h3,5,7,11,15H,4,6,8-10H2,1-2H3,(H,19,23)(H,20,21). The second kappa shape index (κ2) is 7.33. The molecule has 2 aromatic heterocycles. The van der Waals surface area contributed by atoms with Crippen LogP contribution in [0.4, 0.5) is 4.79 Å². The number of aryl methyl sites for hydroxylation is 2. The molecule has 0 spiro atoms. The van der Waals surface area contributed by atoms with Crippen LogP contribution in [0.5, 0.6) is 5.75 Å². The number of H-pyrrole nitrogens is 1. The van der Waals surface area contributed by atoms with Crippen LogP contribution in [-0.2, 0) is 0 Å². The lowest BCUT2D eigenvalue weighted by Gasteiger charge is -2.25. The van der Waals surface area contributed by atoms with Crippen LogP contribution >= 0.6 is 0 Å². The Morgan fingerprint density at radius 3 is 3.08 bits per heavy atom. The maximum Gasteiger partial charge on any atom is 0.318 e. The molecule has 1 saturated heterocycles. The molecule has 2 amide bonds. The lowest BCUT2D eigenvalue weighted by Crippen LogP contribution is -2.41. The number of rotatable bonds is 5. The molecule has 2 N–H and O–H groups in total. The fourth-order valence-electron chi connectivity index (χ4n) is 3.22. The Morgan fingerprint density at radius 1 is 1.50 bits per heavy atom. The van der Waals surface area contributed by atoms with Gasteiger partial charge in [-0.25, -0.2) is 4.79 Å². The van der Waals surface area contributed by atoms with E-state index in [1.807, 2.05) is 30.9 Å². The summed E-state index contributed by atoms with van der Waals surface area (Å²) in [5.74, 6) is 0.704. The average Bonchev–Trinajstić information content (AvgIpc) is 3.19. The summed E-state index contributed by atoms with van der Waals surface area (Å²) in [6, 6.07) is 3.71. The second-order valence-electron chi connectivity index (χ2n) is 5.97. The van der Waals surface area contributed by atoms with Gasteiger partial charge in [-0.2, -0.15) is 5.10 Å². The van der Waals surface area contributed by atoms with Crippen molar-refractivity contribution in [3.05, 3.63) is 41.5 Å². The van der Waals surface area contributed by atoms with Crippen LogP contribution in [0.3, 0.4) is 0 Å². The Labute approximate surface area is 141 Å². The van der Waals surface area contributed by atoms with E-state index in [4.69, 9.17) is 4.74 Å². The van der Waals surface area contributed by atoms with Crippen molar-refractivity contribution >= 4 is 6.03 Å². The van der Waals surface area contributed by atoms with E-state index in [0.29, 0.717) is 18.9 Å². The van der Waals surface area contributed by atoms with Crippen molar-refractivity contribution in [2.75, 3.05) is 19.7 Å². The number of amides is 2. The normalized spacial score (nSPS) is 17.1. The summed E-state index contributed by atoms with van der Waals surface area (Å²) in [5.41, 5.74) is 3.16. The molecular formula is C17H23N5O2. The Kier molecular flexibility index (Phi) is 4.98. The largest absolute Gasteiger partial charge is 0.490 e. The van der Waals surface area contributed by atoms with Gasteiger partial charge in [0.05, 0.1) is 24.5 Å². The van der Waals surface area contributed by atoms with Gasteiger partial charge >= 0.3 is 6.03 Å². The van der Waals surface area contributed by atoms with Crippen LogP contribution < -0.4 is 10.1 Å². The van der Waals surface area contributed by atoms with Crippen molar-refractivity contribution in [1.29, 1.82) is 0 Å². The van der Waals surface area contributed by atoms with Crippen molar-refractivity contribution in [3.8, 4) is 5.75 Å². The number of likely N-dealkylation sites (tertiary alicyclic amines) is 1. The van der Waals surface area contributed by atoms with E-state index in [1.165, 1.54) is 0 Å². The first kappa shape index (κ1) is 16.3. The van der Waals surface area contributed by atoms with E-state index in [2.05, 4.69) is 20.5 Å². The van der Waals surface area contributed by atoms with Crippen LogP contribution in [0.25, 0.3) is 0 Å². The van der Waals surface area contributed by atoms with E-state index in [9.17, 15) is 4.79 Å². The fraction of sp³-hybridized carbons (Fsp3) is 0.471. The van der Waals surface area contributed by atoms with Gasteiger partial charge in [-0.3, -0.25) is 10.1 Å². The van der Waals surface area contributed by atoms with Crippen LogP contribution in [0.1, 0.15) is 35.8 Å². The number of carbonyl (C=O) groups is 1. The summed E-state index contributed by atoms with van der Waals surface area (Å²) in [5, 5.41) is 10.2.